The summed E-state index contributed by atoms with van der Waals surface area (Å²) in [6.07, 6.45) is 3.57. The van der Waals surface area contributed by atoms with Crippen molar-refractivity contribution in [2.75, 3.05) is 12.4 Å². The number of carbonyl (C=O) groups is 1. The van der Waals surface area contributed by atoms with E-state index in [1.54, 1.807) is 13.3 Å². The van der Waals surface area contributed by atoms with E-state index in [4.69, 9.17) is 9.15 Å². The quantitative estimate of drug-likeness (QED) is 0.776. The number of anilines is 2. The molecule has 0 spiro atoms. The van der Waals surface area contributed by atoms with Gasteiger partial charge in [0.15, 0.2) is 5.76 Å². The predicted octanol–water partition coefficient (Wildman–Crippen LogP) is 4.15. The van der Waals surface area contributed by atoms with E-state index in [2.05, 4.69) is 16.4 Å². The first-order valence-corrected chi connectivity index (χ1v) is 8.22. The average molecular weight is 334 g/mol. The van der Waals surface area contributed by atoms with E-state index in [0.29, 0.717) is 24.6 Å². The summed E-state index contributed by atoms with van der Waals surface area (Å²) in [5.41, 5.74) is 4.06. The lowest BCUT2D eigenvalue weighted by Gasteiger charge is -2.18. The Morgan fingerprint density at radius 2 is 1.96 bits per heavy atom. The molecule has 2 aromatic carbocycles. The molecule has 0 saturated heterocycles. The molecule has 1 aliphatic carbocycles. The number of hydrogen-bond donors (Lipinski definition) is 1. The van der Waals surface area contributed by atoms with Crippen molar-refractivity contribution in [3.8, 4) is 17.1 Å². The number of carbonyl (C=O) groups excluding carboxylic acids is 1. The van der Waals surface area contributed by atoms with Crippen molar-refractivity contribution in [1.29, 1.82) is 0 Å². The van der Waals surface area contributed by atoms with Crippen LogP contribution < -0.4 is 10.1 Å². The molecule has 0 saturated carbocycles. The van der Waals surface area contributed by atoms with E-state index >= 15 is 0 Å². The third-order valence-electron chi connectivity index (χ3n) is 4.44. The molecule has 5 nitrogen and oxygen atoms in total. The standard InChI is InChI=1S/C20H18N2O3/c1-24-16-9-6-14(7-10-16)19-12-21-20(25-19)22-18-4-2-3-13-5-8-15(23)11-17(13)18/h2-4,6-7,9-10,12H,5,8,11H2,1H3,(H,21,22). The highest BCUT2D eigenvalue weighted by molar-refractivity contribution is 5.85. The normalized spacial score (nSPS) is 13.4. The molecule has 3 aromatic rings. The maximum atomic E-state index is 11.8. The number of hydrogen-bond acceptors (Lipinski definition) is 5. The van der Waals surface area contributed by atoms with Gasteiger partial charge >= 0.3 is 0 Å². The van der Waals surface area contributed by atoms with E-state index in [-0.39, 0.29) is 5.78 Å². The summed E-state index contributed by atoms with van der Waals surface area (Å²) >= 11 is 0. The average Bonchev–Trinajstić information content (AvgIpc) is 3.11. The fourth-order valence-electron chi connectivity index (χ4n) is 3.09. The van der Waals surface area contributed by atoms with Crippen LogP contribution in [0.25, 0.3) is 11.3 Å². The Bertz CT molecular complexity index is 913. The maximum absolute atomic E-state index is 11.8. The van der Waals surface area contributed by atoms with Gasteiger partial charge in [0.1, 0.15) is 11.5 Å². The lowest BCUT2D eigenvalue weighted by molar-refractivity contribution is -0.118. The zero-order valence-corrected chi connectivity index (χ0v) is 13.9. The summed E-state index contributed by atoms with van der Waals surface area (Å²) in [6.45, 7) is 0. The summed E-state index contributed by atoms with van der Waals surface area (Å²) in [6, 6.07) is 14.0. The monoisotopic (exact) mass is 334 g/mol. The molecule has 1 N–H and O–H groups in total. The molecular weight excluding hydrogens is 316 g/mol. The van der Waals surface area contributed by atoms with Crippen LogP contribution in [0, 0.1) is 0 Å². The fourth-order valence-corrected chi connectivity index (χ4v) is 3.09. The number of nitrogens with zero attached hydrogens (tertiary/aromatic N) is 1. The zero-order valence-electron chi connectivity index (χ0n) is 13.9. The van der Waals surface area contributed by atoms with E-state index in [9.17, 15) is 4.79 Å². The van der Waals surface area contributed by atoms with Crippen molar-refractivity contribution in [1.82, 2.24) is 4.98 Å². The van der Waals surface area contributed by atoms with Gasteiger partial charge in [0.2, 0.25) is 0 Å². The molecule has 0 radical (unpaired) electrons. The molecule has 0 unspecified atom stereocenters. The summed E-state index contributed by atoms with van der Waals surface area (Å²) in [5, 5.41) is 3.21. The van der Waals surface area contributed by atoms with Crippen LogP contribution in [-0.2, 0) is 17.6 Å². The van der Waals surface area contributed by atoms with Gasteiger partial charge in [-0.05, 0) is 47.9 Å². The molecule has 0 fully saturated rings. The molecule has 0 bridgehead atoms. The number of ether oxygens (including phenoxy) is 1. The van der Waals surface area contributed by atoms with Crippen LogP contribution in [0.4, 0.5) is 11.7 Å². The minimum Gasteiger partial charge on any atom is -0.497 e. The Hall–Kier alpha value is -3.08. The number of Topliss-reactive ketones (excluding diaryl/α,β-unsaturated/α-hetero) is 1. The number of aryl methyl sites for hydroxylation is 1. The van der Waals surface area contributed by atoms with E-state index < -0.39 is 0 Å². The van der Waals surface area contributed by atoms with Gasteiger partial charge in [0, 0.05) is 24.1 Å². The predicted molar refractivity (Wildman–Crippen MR) is 95.2 cm³/mol. The summed E-state index contributed by atoms with van der Waals surface area (Å²) in [7, 11) is 1.64. The lowest BCUT2D eigenvalue weighted by atomic mass is 9.89. The topological polar surface area (TPSA) is 64.4 Å². The minimum atomic E-state index is 0.271. The van der Waals surface area contributed by atoms with Crippen molar-refractivity contribution >= 4 is 17.5 Å². The van der Waals surface area contributed by atoms with Crippen molar-refractivity contribution < 1.29 is 13.9 Å². The van der Waals surface area contributed by atoms with Crippen LogP contribution in [0.1, 0.15) is 17.5 Å². The van der Waals surface area contributed by atoms with Crippen molar-refractivity contribution in [2.45, 2.75) is 19.3 Å². The van der Waals surface area contributed by atoms with Gasteiger partial charge in [0.25, 0.3) is 6.01 Å². The Morgan fingerprint density at radius 3 is 2.76 bits per heavy atom. The molecule has 4 rings (SSSR count). The first-order chi connectivity index (χ1) is 12.2. The zero-order chi connectivity index (χ0) is 17.2. The van der Waals surface area contributed by atoms with Crippen LogP contribution in [-0.4, -0.2) is 17.9 Å². The molecule has 126 valence electrons. The molecule has 0 aliphatic heterocycles. The Kier molecular flexibility index (Phi) is 3.98. The smallest absolute Gasteiger partial charge is 0.299 e. The van der Waals surface area contributed by atoms with Crippen LogP contribution >= 0.6 is 0 Å². The second kappa shape index (κ2) is 6.43. The summed E-state index contributed by atoms with van der Waals surface area (Å²) in [5.74, 6) is 1.74. The number of benzene rings is 2. The lowest BCUT2D eigenvalue weighted by Crippen LogP contribution is -2.14. The fraction of sp³-hybridized carbons (Fsp3) is 0.200. The SMILES string of the molecule is COc1ccc(-c2cnc(Nc3cccc4c3CC(=O)CC4)o2)cc1. The number of rotatable bonds is 4. The summed E-state index contributed by atoms with van der Waals surface area (Å²) < 4.78 is 11.0. The Labute approximate surface area is 145 Å². The van der Waals surface area contributed by atoms with Gasteiger partial charge in [-0.1, -0.05) is 12.1 Å². The molecule has 0 amide bonds. The third kappa shape index (κ3) is 3.13. The summed E-state index contributed by atoms with van der Waals surface area (Å²) in [4.78, 5) is 16.1. The Morgan fingerprint density at radius 1 is 1.12 bits per heavy atom. The van der Waals surface area contributed by atoms with Crippen LogP contribution in [0.3, 0.4) is 0 Å². The number of oxazole rings is 1. The Balaban J connectivity index is 1.58. The van der Waals surface area contributed by atoms with Gasteiger partial charge in [-0.15, -0.1) is 0 Å². The van der Waals surface area contributed by atoms with E-state index in [0.717, 1.165) is 29.0 Å². The molecule has 25 heavy (non-hydrogen) atoms. The van der Waals surface area contributed by atoms with Crippen LogP contribution in [0.2, 0.25) is 0 Å². The van der Waals surface area contributed by atoms with Gasteiger partial charge in [0.05, 0.1) is 13.3 Å². The third-order valence-corrected chi connectivity index (χ3v) is 4.44. The highest BCUT2D eigenvalue weighted by Gasteiger charge is 2.19. The molecule has 1 aliphatic rings. The molecule has 1 aromatic heterocycles. The van der Waals surface area contributed by atoms with Crippen LogP contribution in [0.15, 0.2) is 53.1 Å². The number of methoxy groups -OCH3 is 1. The van der Waals surface area contributed by atoms with Gasteiger partial charge in [-0.25, -0.2) is 4.98 Å². The van der Waals surface area contributed by atoms with Gasteiger partial charge < -0.3 is 14.5 Å². The van der Waals surface area contributed by atoms with Crippen molar-refractivity contribution in [3.05, 3.63) is 59.8 Å². The van der Waals surface area contributed by atoms with E-state index in [1.807, 2.05) is 36.4 Å². The number of fused-ring (bicyclic) bond motifs is 1. The molecular formula is C20H18N2O3. The second-order valence-corrected chi connectivity index (χ2v) is 6.04. The molecule has 1 heterocycles. The largest absolute Gasteiger partial charge is 0.497 e. The molecule has 0 atom stereocenters. The van der Waals surface area contributed by atoms with Gasteiger partial charge in [-0.3, -0.25) is 4.79 Å². The maximum Gasteiger partial charge on any atom is 0.299 e. The molecule has 5 heteroatoms. The highest BCUT2D eigenvalue weighted by Crippen LogP contribution is 2.30. The highest BCUT2D eigenvalue weighted by atomic mass is 16.5. The number of nitrogens with one attached hydrogen (secondary N) is 1. The first-order valence-electron chi connectivity index (χ1n) is 8.22. The van der Waals surface area contributed by atoms with Crippen molar-refractivity contribution in [3.63, 3.8) is 0 Å². The van der Waals surface area contributed by atoms with Crippen molar-refractivity contribution in [2.24, 2.45) is 0 Å². The van der Waals surface area contributed by atoms with E-state index in [1.165, 1.54) is 5.56 Å². The minimum absolute atomic E-state index is 0.271. The number of ketones is 1. The number of aromatic nitrogens is 1. The van der Waals surface area contributed by atoms with Crippen LogP contribution in [0.5, 0.6) is 5.75 Å². The van der Waals surface area contributed by atoms with Gasteiger partial charge in [-0.2, -0.15) is 0 Å². The second-order valence-electron chi connectivity index (χ2n) is 6.04. The first kappa shape index (κ1) is 15.4.